The molecule has 1 heterocycles. The summed E-state index contributed by atoms with van der Waals surface area (Å²) < 4.78 is 5.95. The Kier molecular flexibility index (Phi) is 4.15. The summed E-state index contributed by atoms with van der Waals surface area (Å²) in [4.78, 5) is 10.4. The molecule has 18 heavy (non-hydrogen) atoms. The molecule has 1 aromatic carbocycles. The van der Waals surface area contributed by atoms with Gasteiger partial charge in [0.2, 0.25) is 0 Å². The molecule has 0 atom stereocenters. The van der Waals surface area contributed by atoms with E-state index in [1.807, 2.05) is 5.01 Å². The van der Waals surface area contributed by atoms with Crippen molar-refractivity contribution in [1.82, 2.24) is 5.01 Å². The molecule has 1 aliphatic heterocycles. The highest BCUT2D eigenvalue weighted by Crippen LogP contribution is 2.30. The van der Waals surface area contributed by atoms with Gasteiger partial charge in [-0.05, 0) is 28.9 Å². The van der Waals surface area contributed by atoms with Crippen LogP contribution < -0.4 is 5.43 Å². The number of hydrazine groups is 1. The van der Waals surface area contributed by atoms with Crippen LogP contribution in [0.3, 0.4) is 0 Å². The third kappa shape index (κ3) is 2.98. The Morgan fingerprint density at radius 3 is 2.72 bits per heavy atom. The van der Waals surface area contributed by atoms with Crippen LogP contribution in [0.15, 0.2) is 16.6 Å². The third-order valence-electron chi connectivity index (χ3n) is 2.77. The van der Waals surface area contributed by atoms with Crippen molar-refractivity contribution < 1.29 is 9.66 Å². The number of hydrogen-bond donors (Lipinski definition) is 1. The second-order valence-corrected chi connectivity index (χ2v) is 4.94. The van der Waals surface area contributed by atoms with Gasteiger partial charge in [0, 0.05) is 29.2 Å². The molecule has 7 heteroatoms. The van der Waals surface area contributed by atoms with Gasteiger partial charge in [0.25, 0.3) is 5.69 Å². The van der Waals surface area contributed by atoms with Crippen LogP contribution in [0.5, 0.6) is 0 Å². The minimum absolute atomic E-state index is 0.120. The molecule has 0 spiro atoms. The number of halogens is 1. The molecule has 6 nitrogen and oxygen atoms in total. The number of nitrogens with zero attached hydrogens (tertiary/aromatic N) is 2. The Labute approximate surface area is 113 Å². The lowest BCUT2D eigenvalue weighted by atomic mass is 10.2. The number of morpholine rings is 1. The van der Waals surface area contributed by atoms with E-state index in [4.69, 9.17) is 4.74 Å². The predicted molar refractivity (Wildman–Crippen MR) is 71.5 cm³/mol. The van der Waals surface area contributed by atoms with Gasteiger partial charge in [0.15, 0.2) is 0 Å². The fourth-order valence-electron chi connectivity index (χ4n) is 1.80. The predicted octanol–water partition coefficient (Wildman–Crippen LogP) is 2.32. The first-order valence-electron chi connectivity index (χ1n) is 5.62. The highest BCUT2D eigenvalue weighted by atomic mass is 79.9. The summed E-state index contributed by atoms with van der Waals surface area (Å²) in [5.74, 6) is 0. The summed E-state index contributed by atoms with van der Waals surface area (Å²) in [7, 11) is 0. The Balaban J connectivity index is 2.18. The Bertz CT molecular complexity index is 461. The van der Waals surface area contributed by atoms with Crippen LogP contribution in [0.2, 0.25) is 0 Å². The number of nitrogens with one attached hydrogen (secondary N) is 1. The highest BCUT2D eigenvalue weighted by Gasteiger charge is 2.16. The zero-order valence-electron chi connectivity index (χ0n) is 9.98. The van der Waals surface area contributed by atoms with E-state index in [0.717, 1.165) is 18.8 Å². The van der Waals surface area contributed by atoms with Crippen LogP contribution in [-0.2, 0) is 4.74 Å². The van der Waals surface area contributed by atoms with E-state index in [-0.39, 0.29) is 10.6 Å². The average Bonchev–Trinajstić information content (AvgIpc) is 2.34. The lowest BCUT2D eigenvalue weighted by molar-refractivity contribution is -0.385. The zero-order chi connectivity index (χ0) is 13.1. The SMILES string of the molecule is Cc1cc(NN2CCOCC2)c(Br)cc1[N+](=O)[O-]. The van der Waals surface area contributed by atoms with Crippen molar-refractivity contribution in [2.45, 2.75) is 6.92 Å². The minimum atomic E-state index is -0.376. The fraction of sp³-hybridized carbons (Fsp3) is 0.455. The standard InChI is InChI=1S/C11H14BrN3O3/c1-8-6-10(9(12)7-11(8)15(16)17)13-14-2-4-18-5-3-14/h6-7,13H,2-5H2,1H3. The van der Waals surface area contributed by atoms with Gasteiger partial charge in [-0.3, -0.25) is 10.1 Å². The van der Waals surface area contributed by atoms with Crippen LogP contribution >= 0.6 is 15.9 Å². The first-order chi connectivity index (χ1) is 8.58. The van der Waals surface area contributed by atoms with E-state index in [1.165, 1.54) is 6.07 Å². The second-order valence-electron chi connectivity index (χ2n) is 4.09. The monoisotopic (exact) mass is 315 g/mol. The lowest BCUT2D eigenvalue weighted by Crippen LogP contribution is -2.40. The van der Waals surface area contributed by atoms with Crippen molar-refractivity contribution in [3.63, 3.8) is 0 Å². The summed E-state index contributed by atoms with van der Waals surface area (Å²) in [6.45, 7) is 4.70. The largest absolute Gasteiger partial charge is 0.379 e. The molecule has 1 saturated heterocycles. The van der Waals surface area contributed by atoms with Crippen LogP contribution in [0.1, 0.15) is 5.56 Å². The molecule has 0 aromatic heterocycles. The summed E-state index contributed by atoms with van der Waals surface area (Å²) in [5, 5.41) is 12.8. The van der Waals surface area contributed by atoms with Gasteiger partial charge in [-0.25, -0.2) is 5.01 Å². The van der Waals surface area contributed by atoms with Gasteiger partial charge < -0.3 is 10.2 Å². The van der Waals surface area contributed by atoms with Crippen LogP contribution in [0, 0.1) is 17.0 Å². The van der Waals surface area contributed by atoms with Gasteiger partial charge in [0.05, 0.1) is 23.8 Å². The molecule has 2 rings (SSSR count). The van der Waals surface area contributed by atoms with Crippen molar-refractivity contribution >= 4 is 27.3 Å². The summed E-state index contributed by atoms with van der Waals surface area (Å²) in [6, 6.07) is 3.30. The summed E-state index contributed by atoms with van der Waals surface area (Å²) in [6.07, 6.45) is 0. The smallest absolute Gasteiger partial charge is 0.273 e. The molecule has 1 fully saturated rings. The molecule has 1 N–H and O–H groups in total. The Morgan fingerprint density at radius 1 is 1.44 bits per heavy atom. The Hall–Kier alpha value is -1.18. The maximum Gasteiger partial charge on any atom is 0.273 e. The molecule has 1 aliphatic rings. The van der Waals surface area contributed by atoms with E-state index in [1.54, 1.807) is 13.0 Å². The number of anilines is 1. The van der Waals surface area contributed by atoms with Gasteiger partial charge in [-0.1, -0.05) is 0 Å². The van der Waals surface area contributed by atoms with Gasteiger partial charge in [-0.15, -0.1) is 0 Å². The van der Waals surface area contributed by atoms with Crippen LogP contribution in [0.25, 0.3) is 0 Å². The molecule has 1 aromatic rings. The number of nitro benzene ring substituents is 1. The highest BCUT2D eigenvalue weighted by molar-refractivity contribution is 9.10. The topological polar surface area (TPSA) is 67.6 Å². The number of ether oxygens (including phenoxy) is 1. The minimum Gasteiger partial charge on any atom is -0.379 e. The number of nitro groups is 1. The fourth-order valence-corrected chi connectivity index (χ4v) is 2.22. The van der Waals surface area contributed by atoms with E-state index in [2.05, 4.69) is 21.4 Å². The van der Waals surface area contributed by atoms with E-state index in [0.29, 0.717) is 23.2 Å². The number of aryl methyl sites for hydroxylation is 1. The first-order valence-corrected chi connectivity index (χ1v) is 6.41. The molecule has 0 bridgehead atoms. The molecule has 0 radical (unpaired) electrons. The van der Waals surface area contributed by atoms with Crippen molar-refractivity contribution in [1.29, 1.82) is 0 Å². The number of rotatable bonds is 3. The molecular weight excluding hydrogens is 302 g/mol. The quantitative estimate of drug-likeness (QED) is 0.685. The average molecular weight is 316 g/mol. The van der Waals surface area contributed by atoms with Gasteiger partial charge in [-0.2, -0.15) is 0 Å². The van der Waals surface area contributed by atoms with Crippen molar-refractivity contribution in [3.05, 3.63) is 32.3 Å². The summed E-state index contributed by atoms with van der Waals surface area (Å²) in [5.41, 5.74) is 4.83. The molecule has 0 amide bonds. The van der Waals surface area contributed by atoms with Gasteiger partial charge in [0.1, 0.15) is 0 Å². The third-order valence-corrected chi connectivity index (χ3v) is 3.43. The van der Waals surface area contributed by atoms with Crippen molar-refractivity contribution in [2.24, 2.45) is 0 Å². The normalized spacial score (nSPS) is 16.6. The van der Waals surface area contributed by atoms with Crippen molar-refractivity contribution in [2.75, 3.05) is 31.7 Å². The lowest BCUT2D eigenvalue weighted by Gasteiger charge is -2.28. The number of benzene rings is 1. The maximum absolute atomic E-state index is 10.8. The molecular formula is C11H14BrN3O3. The maximum atomic E-state index is 10.8. The number of hydrogen-bond acceptors (Lipinski definition) is 5. The van der Waals surface area contributed by atoms with Crippen LogP contribution in [-0.4, -0.2) is 36.2 Å². The molecule has 98 valence electrons. The van der Waals surface area contributed by atoms with Crippen LogP contribution in [0.4, 0.5) is 11.4 Å². The first kappa shape index (κ1) is 13.3. The van der Waals surface area contributed by atoms with E-state index < -0.39 is 0 Å². The molecule has 0 unspecified atom stereocenters. The van der Waals surface area contributed by atoms with E-state index in [9.17, 15) is 10.1 Å². The van der Waals surface area contributed by atoms with Crippen molar-refractivity contribution in [3.8, 4) is 0 Å². The molecule has 0 saturated carbocycles. The van der Waals surface area contributed by atoms with E-state index >= 15 is 0 Å². The molecule has 0 aliphatic carbocycles. The zero-order valence-corrected chi connectivity index (χ0v) is 11.6. The second kappa shape index (κ2) is 5.64. The summed E-state index contributed by atoms with van der Waals surface area (Å²) >= 11 is 3.35. The Morgan fingerprint density at radius 2 is 2.11 bits per heavy atom. The van der Waals surface area contributed by atoms with Gasteiger partial charge >= 0.3 is 0 Å².